The fourth-order valence-corrected chi connectivity index (χ4v) is 3.97. The van der Waals surface area contributed by atoms with Crippen molar-refractivity contribution < 1.29 is 17.2 Å². The van der Waals surface area contributed by atoms with Gasteiger partial charge in [-0.25, -0.2) is 21.9 Å². The molecule has 0 aliphatic heterocycles. The largest absolute Gasteiger partial charge is 0.247 e. The Morgan fingerprint density at radius 1 is 0.905 bits per heavy atom. The van der Waals surface area contributed by atoms with Gasteiger partial charge in [0.05, 0.1) is 5.54 Å². The molecule has 2 aromatic rings. The molecule has 0 aromatic heterocycles. The number of rotatable bonds is 4. The molecular formula is C15H13F2NO2S. The zero-order valence-corrected chi connectivity index (χ0v) is 11.8. The summed E-state index contributed by atoms with van der Waals surface area (Å²) in [7, 11) is -4.26. The molecule has 110 valence electrons. The Kier molecular flexibility index (Phi) is 3.30. The first-order valence-electron chi connectivity index (χ1n) is 6.48. The fourth-order valence-electron chi connectivity index (χ4n) is 2.38. The minimum Gasteiger partial charge on any atom is -0.207 e. The second kappa shape index (κ2) is 4.89. The fraction of sp³-hybridized carbons (Fsp3) is 0.200. The Morgan fingerprint density at radius 3 is 2.00 bits per heavy atom. The maximum atomic E-state index is 13.7. The van der Waals surface area contributed by atoms with E-state index in [0.717, 1.165) is 23.8 Å². The molecule has 0 spiro atoms. The van der Waals surface area contributed by atoms with Crippen LogP contribution in [0.15, 0.2) is 53.4 Å². The molecule has 3 nitrogen and oxygen atoms in total. The normalized spacial score (nSPS) is 16.7. The number of benzene rings is 2. The van der Waals surface area contributed by atoms with E-state index in [4.69, 9.17) is 0 Å². The first kappa shape index (κ1) is 14.2. The van der Waals surface area contributed by atoms with Crippen molar-refractivity contribution in [2.75, 3.05) is 0 Å². The van der Waals surface area contributed by atoms with Gasteiger partial charge in [0, 0.05) is 0 Å². The Bertz CT molecular complexity index is 751. The maximum Gasteiger partial charge on any atom is 0.247 e. The molecule has 1 aliphatic rings. The van der Waals surface area contributed by atoms with Gasteiger partial charge in [-0.1, -0.05) is 36.4 Å². The third-order valence-corrected chi connectivity index (χ3v) is 5.18. The van der Waals surface area contributed by atoms with Crippen LogP contribution in [-0.2, 0) is 15.6 Å². The van der Waals surface area contributed by atoms with Crippen molar-refractivity contribution in [2.45, 2.75) is 23.3 Å². The highest BCUT2D eigenvalue weighted by atomic mass is 32.2. The van der Waals surface area contributed by atoms with Crippen LogP contribution in [0.1, 0.15) is 18.4 Å². The van der Waals surface area contributed by atoms with Crippen LogP contribution in [0.4, 0.5) is 8.78 Å². The van der Waals surface area contributed by atoms with Gasteiger partial charge in [-0.05, 0) is 30.5 Å². The van der Waals surface area contributed by atoms with E-state index in [9.17, 15) is 17.2 Å². The van der Waals surface area contributed by atoms with Crippen LogP contribution >= 0.6 is 0 Å². The van der Waals surface area contributed by atoms with E-state index in [1.807, 2.05) is 6.07 Å². The monoisotopic (exact) mass is 309 g/mol. The molecule has 21 heavy (non-hydrogen) atoms. The Balaban J connectivity index is 1.98. The number of halogens is 2. The van der Waals surface area contributed by atoms with Gasteiger partial charge < -0.3 is 0 Å². The highest BCUT2D eigenvalue weighted by molar-refractivity contribution is 7.89. The number of hydrogen-bond donors (Lipinski definition) is 1. The van der Waals surface area contributed by atoms with E-state index >= 15 is 0 Å². The summed E-state index contributed by atoms with van der Waals surface area (Å²) in [4.78, 5) is -0.924. The van der Waals surface area contributed by atoms with Gasteiger partial charge in [0.1, 0.15) is 11.6 Å². The molecule has 0 unspecified atom stereocenters. The van der Waals surface area contributed by atoms with Crippen LogP contribution in [0.5, 0.6) is 0 Å². The Hall–Kier alpha value is -1.79. The Morgan fingerprint density at radius 2 is 1.48 bits per heavy atom. The zero-order valence-electron chi connectivity index (χ0n) is 11.0. The minimum atomic E-state index is -4.26. The van der Waals surface area contributed by atoms with Crippen molar-refractivity contribution in [3.63, 3.8) is 0 Å². The van der Waals surface area contributed by atoms with Gasteiger partial charge >= 0.3 is 0 Å². The van der Waals surface area contributed by atoms with Crippen LogP contribution in [0.2, 0.25) is 0 Å². The van der Waals surface area contributed by atoms with Gasteiger partial charge in [-0.15, -0.1) is 0 Å². The van der Waals surface area contributed by atoms with Gasteiger partial charge in [-0.2, -0.15) is 0 Å². The molecule has 0 saturated heterocycles. The molecule has 6 heteroatoms. The summed E-state index contributed by atoms with van der Waals surface area (Å²) in [6, 6.07) is 12.0. The van der Waals surface area contributed by atoms with Gasteiger partial charge in [-0.3, -0.25) is 0 Å². The van der Waals surface area contributed by atoms with Crippen LogP contribution in [0.3, 0.4) is 0 Å². The van der Waals surface area contributed by atoms with Crippen molar-refractivity contribution >= 4 is 10.0 Å². The molecule has 0 heterocycles. The van der Waals surface area contributed by atoms with Crippen LogP contribution < -0.4 is 4.72 Å². The van der Waals surface area contributed by atoms with E-state index in [1.165, 1.54) is 0 Å². The minimum absolute atomic E-state index is 0.603. The van der Waals surface area contributed by atoms with Crippen molar-refractivity contribution in [3.8, 4) is 0 Å². The molecule has 0 atom stereocenters. The predicted molar refractivity (Wildman–Crippen MR) is 74.0 cm³/mol. The molecular weight excluding hydrogens is 296 g/mol. The molecule has 1 aliphatic carbocycles. The standard InChI is InChI=1S/C15H13F2NO2S/c16-12-7-4-8-13(17)14(12)21(19,20)18-15(9-10-15)11-5-2-1-3-6-11/h1-8,18H,9-10H2. The smallest absolute Gasteiger partial charge is 0.207 e. The topological polar surface area (TPSA) is 46.2 Å². The van der Waals surface area contributed by atoms with Crippen LogP contribution in [0.25, 0.3) is 0 Å². The molecule has 0 bridgehead atoms. The molecule has 1 N–H and O–H groups in total. The lowest BCUT2D eigenvalue weighted by molar-refractivity contribution is 0.504. The highest BCUT2D eigenvalue weighted by Gasteiger charge is 2.48. The van der Waals surface area contributed by atoms with Crippen molar-refractivity contribution in [1.82, 2.24) is 4.72 Å². The molecule has 1 fully saturated rings. The van der Waals surface area contributed by atoms with Crippen molar-refractivity contribution in [2.24, 2.45) is 0 Å². The summed E-state index contributed by atoms with van der Waals surface area (Å²) in [6.45, 7) is 0. The van der Waals surface area contributed by atoms with Crippen molar-refractivity contribution in [1.29, 1.82) is 0 Å². The lowest BCUT2D eigenvalue weighted by atomic mass is 10.1. The lowest BCUT2D eigenvalue weighted by Gasteiger charge is -2.18. The predicted octanol–water partition coefficient (Wildman–Crippen LogP) is 2.93. The number of sulfonamides is 1. The van der Waals surface area contributed by atoms with E-state index < -0.39 is 32.1 Å². The molecule has 0 amide bonds. The molecule has 2 aromatic carbocycles. The van der Waals surface area contributed by atoms with E-state index in [0.29, 0.717) is 12.8 Å². The molecule has 1 saturated carbocycles. The summed E-state index contributed by atoms with van der Waals surface area (Å²) in [5.41, 5.74) is 0.0415. The lowest BCUT2D eigenvalue weighted by Crippen LogP contribution is -2.35. The van der Waals surface area contributed by atoms with Gasteiger partial charge in [0.2, 0.25) is 10.0 Å². The third-order valence-electron chi connectivity index (χ3n) is 3.59. The second-order valence-corrected chi connectivity index (χ2v) is 6.72. The third kappa shape index (κ3) is 2.56. The SMILES string of the molecule is O=S(=O)(NC1(c2ccccc2)CC1)c1c(F)cccc1F. The van der Waals surface area contributed by atoms with Gasteiger partial charge in [0.25, 0.3) is 0 Å². The quantitative estimate of drug-likeness (QED) is 0.944. The highest BCUT2D eigenvalue weighted by Crippen LogP contribution is 2.46. The number of hydrogen-bond acceptors (Lipinski definition) is 2. The van der Waals surface area contributed by atoms with E-state index in [-0.39, 0.29) is 0 Å². The number of nitrogens with one attached hydrogen (secondary N) is 1. The van der Waals surface area contributed by atoms with Crippen LogP contribution in [-0.4, -0.2) is 8.42 Å². The summed E-state index contributed by atoms with van der Waals surface area (Å²) >= 11 is 0. The van der Waals surface area contributed by atoms with Crippen LogP contribution in [0, 0.1) is 11.6 Å². The summed E-state index contributed by atoms with van der Waals surface area (Å²) < 4.78 is 54.4. The molecule has 3 rings (SSSR count). The van der Waals surface area contributed by atoms with Crippen molar-refractivity contribution in [3.05, 3.63) is 65.7 Å². The molecule has 0 radical (unpaired) electrons. The Labute approximate surface area is 121 Å². The van der Waals surface area contributed by atoms with Gasteiger partial charge in [0.15, 0.2) is 4.90 Å². The van der Waals surface area contributed by atoms with E-state index in [2.05, 4.69) is 4.72 Å². The second-order valence-electron chi connectivity index (χ2n) is 5.10. The summed E-state index contributed by atoms with van der Waals surface area (Å²) in [5, 5.41) is 0. The summed E-state index contributed by atoms with van der Waals surface area (Å²) in [5.74, 6) is -2.18. The zero-order chi connectivity index (χ0) is 15.1. The summed E-state index contributed by atoms with van der Waals surface area (Å²) in [6.07, 6.45) is 1.21. The average molecular weight is 309 g/mol. The van der Waals surface area contributed by atoms with E-state index in [1.54, 1.807) is 24.3 Å². The maximum absolute atomic E-state index is 13.7. The first-order valence-corrected chi connectivity index (χ1v) is 7.96. The first-order chi connectivity index (χ1) is 9.95. The average Bonchev–Trinajstić information content (AvgIpc) is 3.19.